The van der Waals surface area contributed by atoms with Crippen LogP contribution in [0.3, 0.4) is 0 Å². The van der Waals surface area contributed by atoms with Crippen molar-refractivity contribution in [3.05, 3.63) is 53.3 Å². The van der Waals surface area contributed by atoms with Gasteiger partial charge < -0.3 is 15.5 Å². The Bertz CT molecular complexity index is 656. The molecule has 0 bridgehead atoms. The van der Waals surface area contributed by atoms with Crippen molar-refractivity contribution in [2.75, 3.05) is 31.1 Å². The van der Waals surface area contributed by atoms with Gasteiger partial charge in [-0.2, -0.15) is 10.2 Å². The summed E-state index contributed by atoms with van der Waals surface area (Å²) in [5, 5.41) is 8.60. The molecular weight excluding hydrogens is 439 g/mol. The number of hydrogen-bond acceptors (Lipinski definition) is 4. The molecule has 0 atom stereocenters. The van der Waals surface area contributed by atoms with E-state index in [9.17, 15) is 0 Å². The third-order valence-corrected chi connectivity index (χ3v) is 4.08. The van der Waals surface area contributed by atoms with Crippen LogP contribution in [-0.2, 0) is 6.54 Å². The normalized spacial score (nSPS) is 15.1. The molecule has 0 unspecified atom stereocenters. The molecule has 2 aromatic rings. The maximum absolute atomic E-state index is 6.09. The summed E-state index contributed by atoms with van der Waals surface area (Å²) in [6, 6.07) is 11.7. The predicted octanol–water partition coefficient (Wildman–Crippen LogP) is 2.38. The second kappa shape index (κ2) is 9.03. The highest BCUT2D eigenvalue weighted by atomic mass is 127. The Hall–Kier alpha value is -1.61. The number of aromatic nitrogens is 2. The molecule has 1 saturated heterocycles. The van der Waals surface area contributed by atoms with Gasteiger partial charge in [-0.25, -0.2) is 4.99 Å². The second-order valence-corrected chi connectivity index (χ2v) is 5.78. The van der Waals surface area contributed by atoms with Crippen LogP contribution in [0.2, 0.25) is 5.02 Å². The van der Waals surface area contributed by atoms with Crippen molar-refractivity contribution < 1.29 is 0 Å². The van der Waals surface area contributed by atoms with E-state index in [4.69, 9.17) is 17.3 Å². The van der Waals surface area contributed by atoms with E-state index in [1.807, 2.05) is 36.4 Å². The number of nitrogens with two attached hydrogens (primary N) is 1. The van der Waals surface area contributed by atoms with Crippen LogP contribution in [0.4, 0.5) is 5.69 Å². The lowest BCUT2D eigenvalue weighted by Crippen LogP contribution is -2.51. The molecule has 0 radical (unpaired) electrons. The van der Waals surface area contributed by atoms with Crippen molar-refractivity contribution in [1.29, 1.82) is 0 Å². The molecule has 0 spiro atoms. The van der Waals surface area contributed by atoms with Gasteiger partial charge in [0.05, 0.1) is 12.2 Å². The lowest BCUT2D eigenvalue weighted by molar-refractivity contribution is 0.380. The van der Waals surface area contributed by atoms with Gasteiger partial charge in [-0.05, 0) is 36.4 Å². The average molecular weight is 459 g/mol. The van der Waals surface area contributed by atoms with Gasteiger partial charge >= 0.3 is 0 Å². The molecule has 0 aliphatic carbocycles. The number of guanidine groups is 1. The minimum Gasteiger partial charge on any atom is -0.370 e. The predicted molar refractivity (Wildman–Crippen MR) is 108 cm³/mol. The molecule has 1 aromatic carbocycles. The first kappa shape index (κ1) is 18.7. The van der Waals surface area contributed by atoms with E-state index >= 15 is 0 Å². The first-order chi connectivity index (χ1) is 11.2. The fourth-order valence-electron chi connectivity index (χ4n) is 2.53. The molecule has 6 nitrogen and oxygen atoms in total. The van der Waals surface area contributed by atoms with Crippen LogP contribution in [0.1, 0.15) is 5.69 Å². The zero-order chi connectivity index (χ0) is 16.1. The van der Waals surface area contributed by atoms with Crippen LogP contribution in [-0.4, -0.2) is 47.2 Å². The van der Waals surface area contributed by atoms with Crippen LogP contribution in [0, 0.1) is 0 Å². The molecule has 0 amide bonds. The van der Waals surface area contributed by atoms with E-state index in [0.717, 1.165) is 36.9 Å². The summed E-state index contributed by atoms with van der Waals surface area (Å²) in [6.07, 6.45) is 1.65. The molecule has 8 heteroatoms. The SMILES string of the molecule is I.NC(=NCc1cccnn1)N1CCN(c2ccc(Cl)cc2)CC1. The van der Waals surface area contributed by atoms with Gasteiger partial charge in [-0.3, -0.25) is 0 Å². The lowest BCUT2D eigenvalue weighted by atomic mass is 10.2. The van der Waals surface area contributed by atoms with E-state index in [1.54, 1.807) is 6.20 Å². The van der Waals surface area contributed by atoms with Gasteiger partial charge in [0.15, 0.2) is 5.96 Å². The molecule has 1 aliphatic rings. The third-order valence-electron chi connectivity index (χ3n) is 3.83. The van der Waals surface area contributed by atoms with E-state index in [1.165, 1.54) is 5.69 Å². The Morgan fingerprint density at radius 3 is 2.46 bits per heavy atom. The van der Waals surface area contributed by atoms with Crippen molar-refractivity contribution in [3.8, 4) is 0 Å². The summed E-state index contributed by atoms with van der Waals surface area (Å²) in [5.74, 6) is 0.561. The third kappa shape index (κ3) is 4.94. The summed E-state index contributed by atoms with van der Waals surface area (Å²) in [7, 11) is 0. The summed E-state index contributed by atoms with van der Waals surface area (Å²) in [5.41, 5.74) is 8.09. The van der Waals surface area contributed by atoms with Crippen molar-refractivity contribution >= 4 is 47.2 Å². The Labute approximate surface area is 163 Å². The van der Waals surface area contributed by atoms with Crippen molar-refractivity contribution in [2.24, 2.45) is 10.7 Å². The van der Waals surface area contributed by atoms with Crippen molar-refractivity contribution in [1.82, 2.24) is 15.1 Å². The van der Waals surface area contributed by atoms with E-state index in [-0.39, 0.29) is 24.0 Å². The largest absolute Gasteiger partial charge is 0.370 e. The molecule has 1 fully saturated rings. The Morgan fingerprint density at radius 1 is 1.12 bits per heavy atom. The van der Waals surface area contributed by atoms with Gasteiger partial charge in [0.1, 0.15) is 0 Å². The van der Waals surface area contributed by atoms with Crippen LogP contribution in [0.25, 0.3) is 0 Å². The van der Waals surface area contributed by atoms with Gasteiger partial charge in [0.2, 0.25) is 0 Å². The van der Waals surface area contributed by atoms with Crippen molar-refractivity contribution in [3.63, 3.8) is 0 Å². The quantitative estimate of drug-likeness (QED) is 0.434. The zero-order valence-electron chi connectivity index (χ0n) is 13.2. The topological polar surface area (TPSA) is 70.6 Å². The summed E-state index contributed by atoms with van der Waals surface area (Å²) >= 11 is 5.93. The molecule has 1 aromatic heterocycles. The molecule has 0 saturated carbocycles. The number of halogens is 2. The van der Waals surface area contributed by atoms with Crippen LogP contribution >= 0.6 is 35.6 Å². The first-order valence-electron chi connectivity index (χ1n) is 7.54. The molecule has 2 N–H and O–H groups in total. The highest BCUT2D eigenvalue weighted by Crippen LogP contribution is 2.19. The van der Waals surface area contributed by atoms with Crippen LogP contribution in [0.15, 0.2) is 47.6 Å². The summed E-state index contributed by atoms with van der Waals surface area (Å²) < 4.78 is 0. The molecule has 3 rings (SSSR count). The second-order valence-electron chi connectivity index (χ2n) is 5.34. The Balaban J connectivity index is 0.00000208. The van der Waals surface area contributed by atoms with Crippen LogP contribution in [0.5, 0.6) is 0 Å². The van der Waals surface area contributed by atoms with E-state index < -0.39 is 0 Å². The number of anilines is 1. The minimum atomic E-state index is 0. The molecule has 24 heavy (non-hydrogen) atoms. The average Bonchev–Trinajstić information content (AvgIpc) is 2.61. The lowest BCUT2D eigenvalue weighted by Gasteiger charge is -2.36. The number of piperazine rings is 1. The fourth-order valence-corrected chi connectivity index (χ4v) is 2.65. The summed E-state index contributed by atoms with van der Waals surface area (Å²) in [4.78, 5) is 8.83. The monoisotopic (exact) mass is 458 g/mol. The fraction of sp³-hybridized carbons (Fsp3) is 0.312. The molecule has 2 heterocycles. The number of rotatable bonds is 3. The maximum atomic E-state index is 6.09. The minimum absolute atomic E-state index is 0. The number of hydrogen-bond donors (Lipinski definition) is 1. The Morgan fingerprint density at radius 2 is 1.83 bits per heavy atom. The standard InChI is InChI=1S/C16H19ClN6.HI/c17-13-3-5-15(6-4-13)22-8-10-23(11-9-22)16(18)19-12-14-2-1-7-20-21-14;/h1-7H,8-12H2,(H2,18,19);1H. The molecule has 128 valence electrons. The Kier molecular flexibility index (Phi) is 7.04. The maximum Gasteiger partial charge on any atom is 0.191 e. The van der Waals surface area contributed by atoms with Gasteiger partial charge in [-0.15, -0.1) is 24.0 Å². The van der Waals surface area contributed by atoms with Crippen molar-refractivity contribution in [2.45, 2.75) is 6.54 Å². The van der Waals surface area contributed by atoms with E-state index in [0.29, 0.717) is 12.5 Å². The highest BCUT2D eigenvalue weighted by Gasteiger charge is 2.18. The highest BCUT2D eigenvalue weighted by molar-refractivity contribution is 14.0. The molecule has 1 aliphatic heterocycles. The number of nitrogens with zero attached hydrogens (tertiary/aromatic N) is 5. The number of aliphatic imine (C=N–C) groups is 1. The first-order valence-corrected chi connectivity index (χ1v) is 7.92. The zero-order valence-corrected chi connectivity index (χ0v) is 16.3. The smallest absolute Gasteiger partial charge is 0.191 e. The van der Waals surface area contributed by atoms with Gasteiger partial charge in [0, 0.05) is 43.1 Å². The van der Waals surface area contributed by atoms with Gasteiger partial charge in [0.25, 0.3) is 0 Å². The summed E-state index contributed by atoms with van der Waals surface area (Å²) in [6.45, 7) is 3.96. The van der Waals surface area contributed by atoms with E-state index in [2.05, 4.69) is 25.0 Å². The number of benzene rings is 1. The van der Waals surface area contributed by atoms with Gasteiger partial charge in [-0.1, -0.05) is 11.6 Å². The van der Waals surface area contributed by atoms with Crippen LogP contribution < -0.4 is 10.6 Å². The molecular formula is C16H20ClIN6.